The molecule has 2 nitrogen and oxygen atoms in total. The number of ether oxygens (including phenoxy) is 1. The van der Waals surface area contributed by atoms with Crippen molar-refractivity contribution in [3.63, 3.8) is 0 Å². The largest absolute Gasteiger partial charge is 0.496 e. The van der Waals surface area contributed by atoms with Gasteiger partial charge in [-0.2, -0.15) is 0 Å². The van der Waals surface area contributed by atoms with Crippen molar-refractivity contribution in [3.05, 3.63) is 63.4 Å². The number of benzene rings is 2. The molecule has 0 saturated heterocycles. The molecule has 0 radical (unpaired) electrons. The number of carbonyl (C=O) groups is 1. The van der Waals surface area contributed by atoms with Crippen LogP contribution < -0.4 is 4.74 Å². The van der Waals surface area contributed by atoms with Gasteiger partial charge in [0.15, 0.2) is 5.78 Å². The molecule has 0 amide bonds. The molecule has 0 saturated carbocycles. The molecule has 0 atom stereocenters. The number of rotatable bonds is 4. The van der Waals surface area contributed by atoms with E-state index in [1.54, 1.807) is 13.2 Å². The third-order valence-electron chi connectivity index (χ3n) is 3.04. The first-order chi connectivity index (χ1) is 9.52. The predicted octanol–water partition coefficient (Wildman–Crippen LogP) is 4.33. The molecule has 2 aromatic rings. The van der Waals surface area contributed by atoms with E-state index in [1.807, 2.05) is 25.1 Å². The van der Waals surface area contributed by atoms with E-state index in [1.165, 1.54) is 12.1 Å². The lowest BCUT2D eigenvalue weighted by molar-refractivity contribution is 0.0991. The molecule has 0 aliphatic heterocycles. The highest BCUT2D eigenvalue weighted by atomic mass is 79.9. The smallest absolute Gasteiger partial charge is 0.168 e. The molecule has 2 aromatic carbocycles. The lowest BCUT2D eigenvalue weighted by Crippen LogP contribution is -2.07. The van der Waals surface area contributed by atoms with Crippen molar-refractivity contribution in [1.29, 1.82) is 0 Å². The Morgan fingerprint density at radius 2 is 2.05 bits per heavy atom. The van der Waals surface area contributed by atoms with Gasteiger partial charge in [-0.3, -0.25) is 4.79 Å². The van der Waals surface area contributed by atoms with Crippen molar-refractivity contribution in [3.8, 4) is 5.75 Å². The molecule has 0 aliphatic rings. The van der Waals surface area contributed by atoms with Gasteiger partial charge < -0.3 is 4.74 Å². The maximum atomic E-state index is 13.5. The second-order valence-corrected chi connectivity index (χ2v) is 5.31. The first kappa shape index (κ1) is 14.7. The third kappa shape index (κ3) is 3.07. The van der Waals surface area contributed by atoms with Crippen LogP contribution in [0, 0.1) is 12.7 Å². The summed E-state index contributed by atoms with van der Waals surface area (Å²) >= 11 is 3.12. The molecule has 20 heavy (non-hydrogen) atoms. The number of ketones is 1. The molecule has 0 aromatic heterocycles. The van der Waals surface area contributed by atoms with Crippen molar-refractivity contribution in [2.75, 3.05) is 7.11 Å². The van der Waals surface area contributed by atoms with Gasteiger partial charge in [0, 0.05) is 17.5 Å². The van der Waals surface area contributed by atoms with Crippen LogP contribution in [0.1, 0.15) is 21.5 Å². The third-order valence-corrected chi connectivity index (χ3v) is 3.84. The highest BCUT2D eigenvalue weighted by Gasteiger charge is 2.15. The number of Topliss-reactive ketones (excluding diaryl/α,β-unsaturated/α-hetero) is 1. The Hall–Kier alpha value is -1.68. The topological polar surface area (TPSA) is 26.3 Å². The summed E-state index contributed by atoms with van der Waals surface area (Å²) in [5.41, 5.74) is 2.19. The summed E-state index contributed by atoms with van der Waals surface area (Å²) in [6, 6.07) is 10.1. The van der Waals surface area contributed by atoms with Crippen LogP contribution in [-0.4, -0.2) is 12.9 Å². The molecular formula is C16H14BrFO2. The summed E-state index contributed by atoms with van der Waals surface area (Å²) in [7, 11) is 1.57. The molecule has 0 N–H and O–H groups in total. The number of aryl methyl sites for hydroxylation is 1. The van der Waals surface area contributed by atoms with Gasteiger partial charge in [0.2, 0.25) is 0 Å². The second-order valence-electron chi connectivity index (χ2n) is 4.52. The second kappa shape index (κ2) is 6.18. The van der Waals surface area contributed by atoms with E-state index < -0.39 is 5.82 Å². The number of methoxy groups -OCH3 is 1. The molecule has 0 aliphatic carbocycles. The van der Waals surface area contributed by atoms with E-state index in [0.29, 0.717) is 11.3 Å². The maximum Gasteiger partial charge on any atom is 0.168 e. The summed E-state index contributed by atoms with van der Waals surface area (Å²) in [5, 5.41) is 0. The van der Waals surface area contributed by atoms with Gasteiger partial charge in [-0.05, 0) is 35.0 Å². The number of carbonyl (C=O) groups excluding carboxylic acids is 1. The van der Waals surface area contributed by atoms with Crippen LogP contribution in [0.15, 0.2) is 40.9 Å². The first-order valence-electron chi connectivity index (χ1n) is 6.13. The fourth-order valence-electron chi connectivity index (χ4n) is 2.03. The Morgan fingerprint density at radius 3 is 2.75 bits per heavy atom. The summed E-state index contributed by atoms with van der Waals surface area (Å²) in [5.74, 6) is 0.0730. The van der Waals surface area contributed by atoms with E-state index in [2.05, 4.69) is 15.9 Å². The molecule has 0 fully saturated rings. The average Bonchev–Trinajstić information content (AvgIpc) is 2.42. The van der Waals surface area contributed by atoms with Crippen molar-refractivity contribution in [1.82, 2.24) is 0 Å². The van der Waals surface area contributed by atoms with E-state index in [9.17, 15) is 9.18 Å². The van der Waals surface area contributed by atoms with Crippen LogP contribution in [0.5, 0.6) is 5.75 Å². The van der Waals surface area contributed by atoms with E-state index in [4.69, 9.17) is 4.74 Å². The summed E-state index contributed by atoms with van der Waals surface area (Å²) in [6.45, 7) is 1.95. The Labute approximate surface area is 125 Å². The van der Waals surface area contributed by atoms with Crippen LogP contribution in [0.2, 0.25) is 0 Å². The summed E-state index contributed by atoms with van der Waals surface area (Å²) in [6.07, 6.45) is 0.174. The molecule has 0 bridgehead atoms. The van der Waals surface area contributed by atoms with E-state index in [0.717, 1.165) is 11.1 Å². The molecule has 2 rings (SSSR count). The first-order valence-corrected chi connectivity index (χ1v) is 6.93. The SMILES string of the molecule is COc1ccc(C)cc1CC(=O)c1cccc(F)c1Br. The summed E-state index contributed by atoms with van der Waals surface area (Å²) in [4.78, 5) is 12.3. The lowest BCUT2D eigenvalue weighted by atomic mass is 10.0. The molecular weight excluding hydrogens is 323 g/mol. The van der Waals surface area contributed by atoms with Gasteiger partial charge in [-0.15, -0.1) is 0 Å². The van der Waals surface area contributed by atoms with Crippen molar-refractivity contribution < 1.29 is 13.9 Å². The zero-order chi connectivity index (χ0) is 14.7. The van der Waals surface area contributed by atoms with Gasteiger partial charge in [0.05, 0.1) is 11.6 Å². The van der Waals surface area contributed by atoms with Gasteiger partial charge in [0.25, 0.3) is 0 Å². The lowest BCUT2D eigenvalue weighted by Gasteiger charge is -2.10. The highest BCUT2D eigenvalue weighted by molar-refractivity contribution is 9.10. The van der Waals surface area contributed by atoms with Crippen LogP contribution in [0.3, 0.4) is 0 Å². The highest BCUT2D eigenvalue weighted by Crippen LogP contribution is 2.25. The Bertz CT molecular complexity index is 653. The Balaban J connectivity index is 2.32. The Kier molecular flexibility index (Phi) is 4.55. The van der Waals surface area contributed by atoms with Crippen molar-refractivity contribution >= 4 is 21.7 Å². The normalized spacial score (nSPS) is 10.4. The number of hydrogen-bond acceptors (Lipinski definition) is 2. The fraction of sp³-hybridized carbons (Fsp3) is 0.188. The number of hydrogen-bond donors (Lipinski definition) is 0. The van der Waals surface area contributed by atoms with Crippen molar-refractivity contribution in [2.24, 2.45) is 0 Å². The van der Waals surface area contributed by atoms with Crippen molar-refractivity contribution in [2.45, 2.75) is 13.3 Å². The van der Waals surface area contributed by atoms with Crippen LogP contribution in [-0.2, 0) is 6.42 Å². The summed E-state index contributed by atoms with van der Waals surface area (Å²) < 4.78 is 18.9. The van der Waals surface area contributed by atoms with Gasteiger partial charge >= 0.3 is 0 Å². The maximum absolute atomic E-state index is 13.5. The molecule has 0 unspecified atom stereocenters. The zero-order valence-electron chi connectivity index (χ0n) is 11.2. The van der Waals surface area contributed by atoms with Gasteiger partial charge in [-0.1, -0.05) is 29.8 Å². The van der Waals surface area contributed by atoms with Crippen LogP contribution >= 0.6 is 15.9 Å². The fourth-order valence-corrected chi connectivity index (χ4v) is 2.52. The molecule has 0 spiro atoms. The Morgan fingerprint density at radius 1 is 1.30 bits per heavy atom. The van der Waals surface area contributed by atoms with Gasteiger partial charge in [-0.25, -0.2) is 4.39 Å². The quantitative estimate of drug-likeness (QED) is 0.776. The predicted molar refractivity (Wildman–Crippen MR) is 79.9 cm³/mol. The standard InChI is InChI=1S/C16H14BrFO2/c1-10-6-7-15(20-2)11(8-10)9-14(19)12-4-3-5-13(18)16(12)17/h3-8H,9H2,1-2H3. The van der Waals surface area contributed by atoms with Crippen LogP contribution in [0.4, 0.5) is 4.39 Å². The zero-order valence-corrected chi connectivity index (χ0v) is 12.8. The van der Waals surface area contributed by atoms with Gasteiger partial charge in [0.1, 0.15) is 11.6 Å². The monoisotopic (exact) mass is 336 g/mol. The number of halogens is 2. The minimum absolute atomic E-state index is 0.153. The average molecular weight is 337 g/mol. The minimum atomic E-state index is -0.438. The minimum Gasteiger partial charge on any atom is -0.496 e. The van der Waals surface area contributed by atoms with Crippen LogP contribution in [0.25, 0.3) is 0 Å². The molecule has 0 heterocycles. The van der Waals surface area contributed by atoms with E-state index >= 15 is 0 Å². The molecule has 104 valence electrons. The molecule has 4 heteroatoms. The van der Waals surface area contributed by atoms with E-state index in [-0.39, 0.29) is 16.7 Å².